The zero-order valence-electron chi connectivity index (χ0n) is 14.0. The van der Waals surface area contributed by atoms with Gasteiger partial charge in [0.25, 0.3) is 5.91 Å². The van der Waals surface area contributed by atoms with Crippen LogP contribution in [0, 0.1) is 0 Å². The number of rotatable bonds is 6. The Kier molecular flexibility index (Phi) is 5.62. The molecule has 0 aliphatic heterocycles. The Labute approximate surface area is 142 Å². The van der Waals surface area contributed by atoms with Crippen LogP contribution in [0.4, 0.5) is 0 Å². The molecule has 0 aromatic heterocycles. The molecule has 128 valence electrons. The molecule has 6 heteroatoms. The van der Waals surface area contributed by atoms with Gasteiger partial charge in [0.1, 0.15) is 5.75 Å². The first-order valence-corrected chi connectivity index (χ1v) is 9.46. The molecule has 24 heavy (non-hydrogen) atoms. The van der Waals surface area contributed by atoms with Gasteiger partial charge in [-0.05, 0) is 48.9 Å². The highest BCUT2D eigenvalue weighted by Gasteiger charge is 2.16. The average Bonchev–Trinajstić information content (AvgIpc) is 2.59. The molecule has 0 N–H and O–H groups in total. The quantitative estimate of drug-likeness (QED) is 0.806. The zero-order valence-corrected chi connectivity index (χ0v) is 14.8. The second-order valence-electron chi connectivity index (χ2n) is 5.46. The van der Waals surface area contributed by atoms with E-state index in [0.29, 0.717) is 18.7 Å². The summed E-state index contributed by atoms with van der Waals surface area (Å²) in [7, 11) is -1.65. The number of hydrogen-bond donors (Lipinski definition) is 0. The van der Waals surface area contributed by atoms with Gasteiger partial charge in [0.05, 0.1) is 12.0 Å². The molecule has 1 amide bonds. The summed E-state index contributed by atoms with van der Waals surface area (Å²) in [6.07, 6.45) is 1.14. The predicted octanol–water partition coefficient (Wildman–Crippen LogP) is 2.76. The van der Waals surface area contributed by atoms with E-state index >= 15 is 0 Å². The van der Waals surface area contributed by atoms with E-state index in [0.717, 1.165) is 17.6 Å². The van der Waals surface area contributed by atoms with Crippen molar-refractivity contribution >= 4 is 15.7 Å². The molecule has 0 spiro atoms. The first kappa shape index (κ1) is 18.0. The molecule has 0 heterocycles. The number of carbonyl (C=O) groups excluding carboxylic acids is 1. The molecular weight excluding hydrogens is 326 g/mol. The lowest BCUT2D eigenvalue weighted by Gasteiger charge is -2.21. The number of benzene rings is 2. The number of ether oxygens (including phenoxy) is 1. The highest BCUT2D eigenvalue weighted by Crippen LogP contribution is 2.16. The first-order chi connectivity index (χ1) is 11.3. The van der Waals surface area contributed by atoms with Crippen molar-refractivity contribution in [1.29, 1.82) is 0 Å². The van der Waals surface area contributed by atoms with E-state index in [-0.39, 0.29) is 10.8 Å². The average molecular weight is 347 g/mol. The van der Waals surface area contributed by atoms with Gasteiger partial charge in [-0.25, -0.2) is 8.42 Å². The number of hydrogen-bond acceptors (Lipinski definition) is 4. The number of nitrogens with zero attached hydrogens (tertiary/aromatic N) is 1. The Bertz CT molecular complexity index is 796. The second kappa shape index (κ2) is 7.49. The lowest BCUT2D eigenvalue weighted by Crippen LogP contribution is -2.30. The molecule has 0 unspecified atom stereocenters. The maximum absolute atomic E-state index is 12.6. The maximum atomic E-state index is 12.6. The summed E-state index contributed by atoms with van der Waals surface area (Å²) >= 11 is 0. The molecule has 0 aliphatic carbocycles. The third kappa shape index (κ3) is 4.35. The predicted molar refractivity (Wildman–Crippen MR) is 93.0 cm³/mol. The molecule has 0 atom stereocenters. The Hall–Kier alpha value is -2.34. The smallest absolute Gasteiger partial charge is 0.254 e. The van der Waals surface area contributed by atoms with Crippen LogP contribution in [0.1, 0.15) is 22.8 Å². The topological polar surface area (TPSA) is 63.7 Å². The second-order valence-corrected chi connectivity index (χ2v) is 7.48. The Morgan fingerprint density at radius 1 is 1.04 bits per heavy atom. The molecule has 2 aromatic carbocycles. The summed E-state index contributed by atoms with van der Waals surface area (Å²) < 4.78 is 28.1. The van der Waals surface area contributed by atoms with E-state index in [9.17, 15) is 13.2 Å². The number of carbonyl (C=O) groups is 1. The molecule has 0 radical (unpaired) electrons. The largest absolute Gasteiger partial charge is 0.497 e. The highest BCUT2D eigenvalue weighted by atomic mass is 32.2. The van der Waals surface area contributed by atoms with Crippen molar-refractivity contribution in [2.45, 2.75) is 18.4 Å². The first-order valence-electron chi connectivity index (χ1n) is 7.57. The SMILES string of the molecule is CCN(Cc1ccc(OC)cc1)C(=O)c1ccc(S(C)(=O)=O)cc1. The van der Waals surface area contributed by atoms with Gasteiger partial charge in [-0.2, -0.15) is 0 Å². The van der Waals surface area contributed by atoms with E-state index in [1.807, 2.05) is 31.2 Å². The summed E-state index contributed by atoms with van der Waals surface area (Å²) in [5.74, 6) is 0.637. The van der Waals surface area contributed by atoms with Crippen LogP contribution < -0.4 is 4.74 Å². The van der Waals surface area contributed by atoms with E-state index < -0.39 is 9.84 Å². The van der Waals surface area contributed by atoms with Gasteiger partial charge in [0, 0.05) is 24.9 Å². The van der Waals surface area contributed by atoms with Gasteiger partial charge in [-0.15, -0.1) is 0 Å². The summed E-state index contributed by atoms with van der Waals surface area (Å²) in [5, 5.41) is 0. The van der Waals surface area contributed by atoms with Gasteiger partial charge in [0.15, 0.2) is 9.84 Å². The molecule has 2 rings (SSSR count). The minimum Gasteiger partial charge on any atom is -0.497 e. The Morgan fingerprint density at radius 2 is 1.62 bits per heavy atom. The minimum absolute atomic E-state index is 0.131. The number of amides is 1. The van der Waals surface area contributed by atoms with Crippen LogP contribution in [0.25, 0.3) is 0 Å². The van der Waals surface area contributed by atoms with Crippen LogP contribution in [0.2, 0.25) is 0 Å². The Balaban J connectivity index is 2.15. The minimum atomic E-state index is -3.26. The van der Waals surface area contributed by atoms with Crippen molar-refractivity contribution in [3.05, 3.63) is 59.7 Å². The van der Waals surface area contributed by atoms with Crippen molar-refractivity contribution in [2.75, 3.05) is 19.9 Å². The molecule has 0 saturated carbocycles. The van der Waals surface area contributed by atoms with Crippen LogP contribution in [-0.4, -0.2) is 39.1 Å². The van der Waals surface area contributed by atoms with Crippen molar-refractivity contribution in [1.82, 2.24) is 4.90 Å². The molecule has 5 nitrogen and oxygen atoms in total. The molecule has 0 bridgehead atoms. The van der Waals surface area contributed by atoms with Crippen molar-refractivity contribution in [3.8, 4) is 5.75 Å². The van der Waals surface area contributed by atoms with E-state index in [2.05, 4.69) is 0 Å². The van der Waals surface area contributed by atoms with Gasteiger partial charge in [0.2, 0.25) is 0 Å². The van der Waals surface area contributed by atoms with Crippen molar-refractivity contribution in [2.24, 2.45) is 0 Å². The fraction of sp³-hybridized carbons (Fsp3) is 0.278. The lowest BCUT2D eigenvalue weighted by atomic mass is 10.1. The molecule has 2 aromatic rings. The van der Waals surface area contributed by atoms with Crippen LogP contribution in [0.15, 0.2) is 53.4 Å². The fourth-order valence-electron chi connectivity index (χ4n) is 2.31. The van der Waals surface area contributed by atoms with Crippen molar-refractivity contribution < 1.29 is 17.9 Å². The third-order valence-electron chi connectivity index (χ3n) is 3.73. The highest BCUT2D eigenvalue weighted by molar-refractivity contribution is 7.90. The van der Waals surface area contributed by atoms with Gasteiger partial charge < -0.3 is 9.64 Å². The summed E-state index contributed by atoms with van der Waals surface area (Å²) in [5.41, 5.74) is 1.47. The normalized spacial score (nSPS) is 11.1. The van der Waals surface area contributed by atoms with Gasteiger partial charge in [-0.1, -0.05) is 12.1 Å². The summed E-state index contributed by atoms with van der Waals surface area (Å²) in [6.45, 7) is 2.94. The van der Waals surface area contributed by atoms with Crippen LogP contribution in [0.5, 0.6) is 5.75 Å². The summed E-state index contributed by atoms with van der Waals surface area (Å²) in [4.78, 5) is 14.5. The molecule has 0 saturated heterocycles. The van der Waals surface area contributed by atoms with Crippen LogP contribution >= 0.6 is 0 Å². The maximum Gasteiger partial charge on any atom is 0.254 e. The third-order valence-corrected chi connectivity index (χ3v) is 4.86. The number of sulfone groups is 1. The standard InChI is InChI=1S/C18H21NO4S/c1-4-19(13-14-5-9-16(23-2)10-6-14)18(20)15-7-11-17(12-8-15)24(3,21)22/h5-12H,4,13H2,1-3H3. The molecule has 0 fully saturated rings. The van der Waals surface area contributed by atoms with E-state index in [4.69, 9.17) is 4.74 Å². The fourth-order valence-corrected chi connectivity index (χ4v) is 2.94. The number of methoxy groups -OCH3 is 1. The van der Waals surface area contributed by atoms with Crippen LogP contribution in [-0.2, 0) is 16.4 Å². The molecular formula is C18H21NO4S. The van der Waals surface area contributed by atoms with Gasteiger partial charge >= 0.3 is 0 Å². The van der Waals surface area contributed by atoms with E-state index in [1.165, 1.54) is 12.1 Å². The van der Waals surface area contributed by atoms with Gasteiger partial charge in [-0.3, -0.25) is 4.79 Å². The Morgan fingerprint density at radius 3 is 2.08 bits per heavy atom. The monoisotopic (exact) mass is 347 g/mol. The summed E-state index contributed by atoms with van der Waals surface area (Å²) in [6, 6.07) is 13.6. The molecule has 0 aliphatic rings. The lowest BCUT2D eigenvalue weighted by molar-refractivity contribution is 0.0752. The van der Waals surface area contributed by atoms with E-state index in [1.54, 1.807) is 24.1 Å². The van der Waals surface area contributed by atoms with Crippen molar-refractivity contribution in [3.63, 3.8) is 0 Å². The zero-order chi connectivity index (χ0) is 17.7. The van der Waals surface area contributed by atoms with Crippen LogP contribution in [0.3, 0.4) is 0 Å².